The Labute approximate surface area is 192 Å². The average Bonchev–Trinajstić information content (AvgIpc) is 3.16. The summed E-state index contributed by atoms with van der Waals surface area (Å²) < 4.78 is 6.36. The van der Waals surface area contributed by atoms with Gasteiger partial charge in [0, 0.05) is 19.2 Å². The van der Waals surface area contributed by atoms with Gasteiger partial charge < -0.3 is 9.64 Å². The molecule has 4 rings (SSSR count). The number of methoxy groups -OCH3 is 1. The Morgan fingerprint density at radius 2 is 1.81 bits per heavy atom. The van der Waals surface area contributed by atoms with Crippen molar-refractivity contribution >= 4 is 55.8 Å². The van der Waals surface area contributed by atoms with Crippen LogP contribution in [0.25, 0.3) is 21.0 Å². The van der Waals surface area contributed by atoms with Crippen LogP contribution >= 0.6 is 23.7 Å². The first-order chi connectivity index (χ1) is 14.5. The van der Waals surface area contributed by atoms with Gasteiger partial charge in [0.25, 0.3) is 0 Å². The summed E-state index contributed by atoms with van der Waals surface area (Å²) in [7, 11) is 5.67. The van der Waals surface area contributed by atoms with Gasteiger partial charge in [0.2, 0.25) is 5.91 Å². The molecule has 4 aromatic rings. The van der Waals surface area contributed by atoms with Crippen LogP contribution in [0.15, 0.2) is 60.7 Å². The predicted molar refractivity (Wildman–Crippen MR) is 132 cm³/mol. The number of carbonyl (C=O) groups excluding carboxylic acids is 1. The van der Waals surface area contributed by atoms with Crippen molar-refractivity contribution in [3.05, 3.63) is 66.2 Å². The van der Waals surface area contributed by atoms with E-state index in [1.807, 2.05) is 61.5 Å². The molecule has 0 spiro atoms. The molecule has 1 amide bonds. The van der Waals surface area contributed by atoms with E-state index >= 15 is 0 Å². The third-order valence-electron chi connectivity index (χ3n) is 5.11. The number of hydrogen-bond donors (Lipinski definition) is 0. The summed E-state index contributed by atoms with van der Waals surface area (Å²) >= 11 is 1.54. The highest BCUT2D eigenvalue weighted by molar-refractivity contribution is 7.22. The van der Waals surface area contributed by atoms with Crippen molar-refractivity contribution in [1.29, 1.82) is 0 Å². The van der Waals surface area contributed by atoms with Gasteiger partial charge in [0.15, 0.2) is 5.13 Å². The zero-order chi connectivity index (χ0) is 21.1. The second-order valence-corrected chi connectivity index (χ2v) is 8.50. The van der Waals surface area contributed by atoms with Crippen LogP contribution in [0, 0.1) is 0 Å². The Morgan fingerprint density at radius 1 is 1.03 bits per heavy atom. The summed E-state index contributed by atoms with van der Waals surface area (Å²) in [6.07, 6.45) is 0.341. The van der Waals surface area contributed by atoms with E-state index in [2.05, 4.69) is 23.1 Å². The van der Waals surface area contributed by atoms with E-state index < -0.39 is 0 Å². The Kier molecular flexibility index (Phi) is 7.49. The number of carbonyl (C=O) groups is 1. The minimum Gasteiger partial charge on any atom is -0.497 e. The molecule has 0 N–H and O–H groups in total. The molecule has 0 saturated heterocycles. The van der Waals surface area contributed by atoms with Crippen LogP contribution in [0.3, 0.4) is 0 Å². The number of likely N-dealkylation sites (N-methyl/N-ethyl adjacent to an activating group) is 1. The molecule has 0 bridgehead atoms. The van der Waals surface area contributed by atoms with Gasteiger partial charge in [-0.05, 0) is 42.6 Å². The molecule has 0 unspecified atom stereocenters. The van der Waals surface area contributed by atoms with Crippen molar-refractivity contribution in [3.63, 3.8) is 0 Å². The lowest BCUT2D eigenvalue weighted by Gasteiger charge is -2.22. The third-order valence-corrected chi connectivity index (χ3v) is 6.17. The lowest BCUT2D eigenvalue weighted by molar-refractivity contribution is -0.118. The highest BCUT2D eigenvalue weighted by Gasteiger charge is 2.21. The molecule has 0 radical (unpaired) electrons. The van der Waals surface area contributed by atoms with Gasteiger partial charge in [-0.25, -0.2) is 4.98 Å². The molecule has 0 aliphatic rings. The molecular weight excluding hydrogens is 430 g/mol. The molecule has 1 aromatic heterocycles. The summed E-state index contributed by atoms with van der Waals surface area (Å²) in [5.74, 6) is 0.820. The largest absolute Gasteiger partial charge is 0.497 e. The van der Waals surface area contributed by atoms with Gasteiger partial charge in [-0.1, -0.05) is 53.8 Å². The molecule has 0 fully saturated rings. The zero-order valence-electron chi connectivity index (χ0n) is 17.9. The molecular formula is C24H26ClN3O2S. The van der Waals surface area contributed by atoms with Crippen LogP contribution in [0.1, 0.15) is 5.56 Å². The molecule has 7 heteroatoms. The van der Waals surface area contributed by atoms with Gasteiger partial charge in [-0.15, -0.1) is 12.4 Å². The van der Waals surface area contributed by atoms with Gasteiger partial charge in [0.05, 0.1) is 23.7 Å². The van der Waals surface area contributed by atoms with Gasteiger partial charge in [0.1, 0.15) is 5.75 Å². The number of nitrogens with zero attached hydrogens (tertiary/aromatic N) is 3. The minimum absolute atomic E-state index is 0. The maximum Gasteiger partial charge on any atom is 0.233 e. The van der Waals surface area contributed by atoms with Crippen LogP contribution in [0.4, 0.5) is 5.13 Å². The molecule has 0 saturated carbocycles. The van der Waals surface area contributed by atoms with Crippen molar-refractivity contribution < 1.29 is 9.53 Å². The van der Waals surface area contributed by atoms with E-state index in [0.29, 0.717) is 13.0 Å². The average molecular weight is 456 g/mol. The quantitative estimate of drug-likeness (QED) is 0.392. The lowest BCUT2D eigenvalue weighted by Crippen LogP contribution is -2.37. The second-order valence-electron chi connectivity index (χ2n) is 7.49. The molecule has 0 aliphatic heterocycles. The topological polar surface area (TPSA) is 45.7 Å². The van der Waals surface area contributed by atoms with E-state index in [1.165, 1.54) is 11.3 Å². The molecule has 5 nitrogen and oxygen atoms in total. The van der Waals surface area contributed by atoms with Crippen molar-refractivity contribution in [2.75, 3.05) is 39.2 Å². The Bertz CT molecular complexity index is 1190. The summed E-state index contributed by atoms with van der Waals surface area (Å²) in [5.41, 5.74) is 1.89. The Balaban J connectivity index is 0.00000272. The van der Waals surface area contributed by atoms with Crippen LogP contribution < -0.4 is 9.64 Å². The first-order valence-electron chi connectivity index (χ1n) is 9.91. The van der Waals surface area contributed by atoms with Crippen LogP contribution in [0.5, 0.6) is 5.75 Å². The molecule has 0 atom stereocenters. The first kappa shape index (κ1) is 23.0. The lowest BCUT2D eigenvalue weighted by atomic mass is 10.0. The van der Waals surface area contributed by atoms with Crippen molar-refractivity contribution in [3.8, 4) is 5.75 Å². The van der Waals surface area contributed by atoms with E-state index in [1.54, 1.807) is 7.11 Å². The highest BCUT2D eigenvalue weighted by Crippen LogP contribution is 2.32. The van der Waals surface area contributed by atoms with Crippen LogP contribution in [0.2, 0.25) is 0 Å². The summed E-state index contributed by atoms with van der Waals surface area (Å²) in [6, 6.07) is 20.1. The third kappa shape index (κ3) is 5.15. The number of aromatic nitrogens is 1. The standard InChI is InChI=1S/C24H25N3O2S.ClH/c1-26(2)13-14-27(24-25-21-16-19(29-3)11-12-22(21)30-24)23(28)15-18-9-6-8-17-7-4-5-10-20(17)18;/h4-12,16H,13-15H2,1-3H3;1H. The molecule has 3 aromatic carbocycles. The maximum atomic E-state index is 13.4. The fraction of sp³-hybridized carbons (Fsp3) is 0.250. The summed E-state index contributed by atoms with van der Waals surface area (Å²) in [6.45, 7) is 1.36. The fourth-order valence-corrected chi connectivity index (χ4v) is 4.46. The number of fused-ring (bicyclic) bond motifs is 2. The van der Waals surface area contributed by atoms with Gasteiger partial charge >= 0.3 is 0 Å². The minimum atomic E-state index is 0. The van der Waals surface area contributed by atoms with Crippen LogP contribution in [-0.4, -0.2) is 50.1 Å². The number of anilines is 1. The van der Waals surface area contributed by atoms with E-state index in [-0.39, 0.29) is 18.3 Å². The first-order valence-corrected chi connectivity index (χ1v) is 10.7. The number of benzene rings is 3. The summed E-state index contributed by atoms with van der Waals surface area (Å²) in [4.78, 5) is 22.1. The number of halogens is 1. The van der Waals surface area contributed by atoms with Crippen molar-refractivity contribution in [2.45, 2.75) is 6.42 Å². The van der Waals surface area contributed by atoms with E-state index in [0.717, 1.165) is 44.0 Å². The number of rotatable bonds is 7. The van der Waals surface area contributed by atoms with E-state index in [4.69, 9.17) is 9.72 Å². The SMILES string of the molecule is COc1ccc2sc(N(CCN(C)C)C(=O)Cc3cccc4ccccc34)nc2c1.Cl. The molecule has 31 heavy (non-hydrogen) atoms. The molecule has 162 valence electrons. The Hall–Kier alpha value is -2.67. The normalized spacial score (nSPS) is 11.0. The Morgan fingerprint density at radius 3 is 2.58 bits per heavy atom. The highest BCUT2D eigenvalue weighted by atomic mass is 35.5. The zero-order valence-corrected chi connectivity index (χ0v) is 19.5. The number of ether oxygens (including phenoxy) is 1. The van der Waals surface area contributed by atoms with Gasteiger partial charge in [-0.2, -0.15) is 0 Å². The second kappa shape index (κ2) is 10.1. The fourth-order valence-electron chi connectivity index (χ4n) is 3.47. The molecule has 0 aliphatic carbocycles. The van der Waals surface area contributed by atoms with Gasteiger partial charge in [-0.3, -0.25) is 9.69 Å². The molecule has 1 heterocycles. The van der Waals surface area contributed by atoms with Crippen molar-refractivity contribution in [2.24, 2.45) is 0 Å². The van der Waals surface area contributed by atoms with E-state index in [9.17, 15) is 4.79 Å². The number of thiazole rings is 1. The maximum absolute atomic E-state index is 13.4. The monoisotopic (exact) mass is 455 g/mol. The smallest absolute Gasteiger partial charge is 0.233 e. The van der Waals surface area contributed by atoms with Crippen molar-refractivity contribution in [1.82, 2.24) is 9.88 Å². The predicted octanol–water partition coefficient (Wildman–Crippen LogP) is 5.02. The van der Waals surface area contributed by atoms with Crippen LogP contribution in [-0.2, 0) is 11.2 Å². The number of amides is 1. The summed E-state index contributed by atoms with van der Waals surface area (Å²) in [5, 5.41) is 3.00. The number of hydrogen-bond acceptors (Lipinski definition) is 5.